The number of fused-ring (bicyclic) bond motifs is 1. The van der Waals surface area contributed by atoms with Crippen LogP contribution in [0.5, 0.6) is 5.75 Å². The van der Waals surface area contributed by atoms with Gasteiger partial charge >= 0.3 is 0 Å². The van der Waals surface area contributed by atoms with Crippen LogP contribution in [-0.4, -0.2) is 23.9 Å². The number of para-hydroxylation sites is 1. The summed E-state index contributed by atoms with van der Waals surface area (Å²) in [5.41, 5.74) is 3.88. The molecule has 0 amide bonds. The van der Waals surface area contributed by atoms with Crippen LogP contribution >= 0.6 is 11.3 Å². The van der Waals surface area contributed by atoms with Crippen molar-refractivity contribution in [2.45, 2.75) is 20.8 Å². The van der Waals surface area contributed by atoms with Crippen molar-refractivity contribution in [2.75, 3.05) is 18.5 Å². The molecule has 4 nitrogen and oxygen atoms in total. The zero-order valence-corrected chi connectivity index (χ0v) is 16.8. The highest BCUT2D eigenvalue weighted by atomic mass is 79.9. The number of hydrogen-bond acceptors (Lipinski definition) is 5. The van der Waals surface area contributed by atoms with Crippen LogP contribution in [0.1, 0.15) is 28.4 Å². The van der Waals surface area contributed by atoms with Gasteiger partial charge in [0.05, 0.1) is 17.9 Å². The van der Waals surface area contributed by atoms with Crippen LogP contribution in [0.4, 0.5) is 5.13 Å². The lowest BCUT2D eigenvalue weighted by atomic mass is 10.0. The minimum atomic E-state index is 0. The monoisotopic (exact) mass is 419 g/mol. The highest BCUT2D eigenvalue weighted by Gasteiger charge is 2.11. The molecule has 1 heterocycles. The van der Waals surface area contributed by atoms with Gasteiger partial charge in [-0.25, -0.2) is 4.98 Å². The summed E-state index contributed by atoms with van der Waals surface area (Å²) >= 11 is 1.53. The first-order chi connectivity index (χ1) is 11.6. The lowest BCUT2D eigenvalue weighted by Gasteiger charge is -2.05. The van der Waals surface area contributed by atoms with Crippen LogP contribution in [0, 0.1) is 13.8 Å². The van der Waals surface area contributed by atoms with Gasteiger partial charge in [-0.15, -0.1) is 0 Å². The number of carbonyl (C=O) groups is 1. The molecule has 0 bridgehead atoms. The summed E-state index contributed by atoms with van der Waals surface area (Å²) < 4.78 is 6.64. The van der Waals surface area contributed by atoms with Crippen LogP contribution in [-0.2, 0) is 0 Å². The van der Waals surface area contributed by atoms with Crippen LogP contribution in [0.15, 0.2) is 36.4 Å². The van der Waals surface area contributed by atoms with Crippen LogP contribution in [0.3, 0.4) is 0 Å². The predicted octanol–water partition coefficient (Wildman–Crippen LogP) is 1.61. The molecule has 0 aliphatic carbocycles. The number of nitrogens with one attached hydrogen (secondary N) is 1. The first-order valence-electron chi connectivity index (χ1n) is 7.95. The number of anilines is 1. The lowest BCUT2D eigenvalue weighted by Crippen LogP contribution is -3.00. The summed E-state index contributed by atoms with van der Waals surface area (Å²) in [6.07, 6.45) is 0. The Morgan fingerprint density at radius 1 is 1.20 bits per heavy atom. The average molecular weight is 420 g/mol. The van der Waals surface area contributed by atoms with E-state index >= 15 is 0 Å². The number of benzene rings is 2. The second kappa shape index (κ2) is 8.45. The quantitative estimate of drug-likeness (QED) is 0.616. The molecule has 0 spiro atoms. The standard InChI is InChI=1S/C19H20N2O2S.BrH/c1-4-23-16-6-5-7-17-18(16)21-19(24-17)20-11-15(22)14-9-8-12(2)13(3)10-14;/h5-10H,4,11H2,1-3H3,(H,20,21);1H/p-1. The number of ketones is 1. The Morgan fingerprint density at radius 2 is 2.00 bits per heavy atom. The van der Waals surface area contributed by atoms with Gasteiger partial charge in [0, 0.05) is 5.56 Å². The molecule has 25 heavy (non-hydrogen) atoms. The maximum atomic E-state index is 12.4. The topological polar surface area (TPSA) is 51.2 Å². The lowest BCUT2D eigenvalue weighted by molar-refractivity contribution is -0.0000131. The van der Waals surface area contributed by atoms with E-state index in [1.165, 1.54) is 16.9 Å². The average Bonchev–Trinajstić information content (AvgIpc) is 2.99. The maximum absolute atomic E-state index is 12.4. The Morgan fingerprint density at radius 3 is 2.72 bits per heavy atom. The van der Waals surface area contributed by atoms with Crippen molar-refractivity contribution >= 4 is 32.5 Å². The molecule has 3 rings (SSSR count). The fraction of sp³-hybridized carbons (Fsp3) is 0.263. The number of ether oxygens (including phenoxy) is 1. The van der Waals surface area contributed by atoms with E-state index in [1.807, 2.05) is 57.2 Å². The van der Waals surface area contributed by atoms with Crippen molar-refractivity contribution in [3.63, 3.8) is 0 Å². The van der Waals surface area contributed by atoms with Gasteiger partial charge in [0.15, 0.2) is 10.9 Å². The van der Waals surface area contributed by atoms with Gasteiger partial charge < -0.3 is 27.0 Å². The van der Waals surface area contributed by atoms with Gasteiger partial charge in [0.2, 0.25) is 0 Å². The molecule has 0 atom stereocenters. The van der Waals surface area contributed by atoms with E-state index in [-0.39, 0.29) is 29.3 Å². The summed E-state index contributed by atoms with van der Waals surface area (Å²) in [7, 11) is 0. The minimum absolute atomic E-state index is 0. The second-order valence-electron chi connectivity index (χ2n) is 5.63. The number of nitrogens with zero attached hydrogens (tertiary/aromatic N) is 1. The Labute approximate surface area is 162 Å². The first-order valence-corrected chi connectivity index (χ1v) is 8.77. The molecule has 3 aromatic rings. The maximum Gasteiger partial charge on any atom is 0.184 e. The molecule has 2 aromatic carbocycles. The number of halogens is 1. The molecule has 0 radical (unpaired) electrons. The molecule has 0 saturated carbocycles. The first kappa shape index (κ1) is 19.4. The molecule has 0 fully saturated rings. The largest absolute Gasteiger partial charge is 1.00 e. The van der Waals surface area contributed by atoms with E-state index in [1.54, 1.807) is 0 Å². The third kappa shape index (κ3) is 4.38. The molecular weight excluding hydrogens is 400 g/mol. The number of thiazole rings is 1. The Hall–Kier alpha value is -1.92. The van der Waals surface area contributed by atoms with Gasteiger partial charge in [-0.05, 0) is 50.1 Å². The van der Waals surface area contributed by atoms with Gasteiger partial charge in [-0.2, -0.15) is 0 Å². The molecule has 132 valence electrons. The second-order valence-corrected chi connectivity index (χ2v) is 6.66. The van der Waals surface area contributed by atoms with Crippen molar-refractivity contribution in [3.8, 4) is 5.75 Å². The third-order valence-corrected chi connectivity index (χ3v) is 4.89. The number of aromatic nitrogens is 1. The minimum Gasteiger partial charge on any atom is -1.00 e. The number of rotatable bonds is 6. The predicted molar refractivity (Wildman–Crippen MR) is 99.5 cm³/mol. The summed E-state index contributed by atoms with van der Waals surface area (Å²) in [4.78, 5) is 16.9. The SMILES string of the molecule is CCOc1cccc2sc(NCC(=O)c3ccc(C)c(C)c3)nc12.[Br-]. The third-order valence-electron chi connectivity index (χ3n) is 3.91. The molecule has 1 aromatic heterocycles. The normalized spacial score (nSPS) is 10.4. The molecule has 6 heteroatoms. The van der Waals surface area contributed by atoms with Gasteiger partial charge in [-0.3, -0.25) is 4.79 Å². The summed E-state index contributed by atoms with van der Waals surface area (Å²) in [6, 6.07) is 11.7. The van der Waals surface area contributed by atoms with Gasteiger partial charge in [0.1, 0.15) is 11.3 Å². The fourth-order valence-corrected chi connectivity index (χ4v) is 3.32. The molecule has 0 aliphatic heterocycles. The van der Waals surface area contributed by atoms with Crippen LogP contribution < -0.4 is 27.0 Å². The number of aryl methyl sites for hydroxylation is 2. The molecule has 0 saturated heterocycles. The summed E-state index contributed by atoms with van der Waals surface area (Å²) in [6.45, 7) is 6.84. The van der Waals surface area contributed by atoms with Gasteiger partial charge in [0.25, 0.3) is 0 Å². The number of carbonyl (C=O) groups excluding carboxylic acids is 1. The highest BCUT2D eigenvalue weighted by Crippen LogP contribution is 2.32. The van der Waals surface area contributed by atoms with Crippen molar-refractivity contribution in [2.24, 2.45) is 0 Å². The Kier molecular flexibility index (Phi) is 6.56. The van der Waals surface area contributed by atoms with Crippen LogP contribution in [0.2, 0.25) is 0 Å². The van der Waals surface area contributed by atoms with E-state index in [9.17, 15) is 4.79 Å². The Balaban J connectivity index is 0.00000225. The van der Waals surface area contributed by atoms with E-state index in [0.29, 0.717) is 6.61 Å². The molecule has 1 N–H and O–H groups in total. The summed E-state index contributed by atoms with van der Waals surface area (Å²) in [5, 5.41) is 3.87. The van der Waals surface area contributed by atoms with Crippen molar-refractivity contribution in [1.82, 2.24) is 4.98 Å². The van der Waals surface area contributed by atoms with Crippen molar-refractivity contribution in [3.05, 3.63) is 53.1 Å². The zero-order chi connectivity index (χ0) is 17.1. The van der Waals surface area contributed by atoms with E-state index in [0.717, 1.165) is 32.2 Å². The van der Waals surface area contributed by atoms with E-state index < -0.39 is 0 Å². The van der Waals surface area contributed by atoms with E-state index in [2.05, 4.69) is 10.3 Å². The van der Waals surface area contributed by atoms with Crippen LogP contribution in [0.25, 0.3) is 10.2 Å². The van der Waals surface area contributed by atoms with E-state index in [4.69, 9.17) is 4.74 Å². The highest BCUT2D eigenvalue weighted by molar-refractivity contribution is 7.22. The molecule has 0 unspecified atom stereocenters. The summed E-state index contributed by atoms with van der Waals surface area (Å²) in [5.74, 6) is 0.835. The number of Topliss-reactive ketones (excluding diaryl/α,β-unsaturated/α-hetero) is 1. The number of hydrogen-bond donors (Lipinski definition) is 1. The zero-order valence-electron chi connectivity index (χ0n) is 14.4. The Bertz CT molecular complexity index is 892. The van der Waals surface area contributed by atoms with Crippen molar-refractivity contribution < 1.29 is 26.5 Å². The smallest absolute Gasteiger partial charge is 0.184 e. The molecule has 0 aliphatic rings. The molecular formula is C19H20BrN2O2S-. The fourth-order valence-electron chi connectivity index (χ4n) is 2.44. The van der Waals surface area contributed by atoms with Gasteiger partial charge in [-0.1, -0.05) is 29.5 Å². The van der Waals surface area contributed by atoms with Crippen molar-refractivity contribution in [1.29, 1.82) is 0 Å².